The lowest BCUT2D eigenvalue weighted by Crippen LogP contribution is -2.22. The van der Waals surface area contributed by atoms with Crippen molar-refractivity contribution in [3.05, 3.63) is 54.1 Å². The van der Waals surface area contributed by atoms with E-state index in [9.17, 15) is 4.79 Å². The van der Waals surface area contributed by atoms with E-state index in [0.29, 0.717) is 12.1 Å². The van der Waals surface area contributed by atoms with Crippen LogP contribution in [0.4, 0.5) is 0 Å². The second-order valence-corrected chi connectivity index (χ2v) is 4.01. The van der Waals surface area contributed by atoms with Gasteiger partial charge >= 0.3 is 0 Å². The third-order valence-electron chi connectivity index (χ3n) is 2.78. The molecule has 0 unspecified atom stereocenters. The summed E-state index contributed by atoms with van der Waals surface area (Å²) in [4.78, 5) is 22.1. The number of carbonyl (C=O) groups excluding carboxylic acids is 1. The number of rotatable bonds is 3. The van der Waals surface area contributed by atoms with Crippen molar-refractivity contribution in [1.29, 1.82) is 0 Å². The molecule has 5 heteroatoms. The molecule has 0 saturated heterocycles. The van der Waals surface area contributed by atoms with Crippen LogP contribution in [0, 0.1) is 0 Å². The Hall–Kier alpha value is -2.56. The van der Waals surface area contributed by atoms with E-state index in [0.717, 1.165) is 16.7 Å². The Morgan fingerprint density at radius 2 is 2.22 bits per heavy atom. The van der Waals surface area contributed by atoms with Gasteiger partial charge in [-0.1, -0.05) is 0 Å². The van der Waals surface area contributed by atoms with Crippen LogP contribution in [0.3, 0.4) is 0 Å². The van der Waals surface area contributed by atoms with Crippen molar-refractivity contribution in [2.75, 3.05) is 0 Å². The van der Waals surface area contributed by atoms with Crippen molar-refractivity contribution in [1.82, 2.24) is 20.3 Å². The zero-order chi connectivity index (χ0) is 12.4. The number of H-pyrrole nitrogens is 2. The van der Waals surface area contributed by atoms with E-state index < -0.39 is 0 Å². The van der Waals surface area contributed by atoms with Crippen LogP contribution in [0.1, 0.15) is 16.1 Å². The van der Waals surface area contributed by atoms with E-state index in [4.69, 9.17) is 0 Å². The molecule has 3 aromatic rings. The van der Waals surface area contributed by atoms with Gasteiger partial charge in [0, 0.05) is 17.5 Å². The van der Waals surface area contributed by atoms with Crippen molar-refractivity contribution in [3.8, 4) is 0 Å². The maximum absolute atomic E-state index is 11.9. The molecule has 0 atom stereocenters. The van der Waals surface area contributed by atoms with Crippen LogP contribution >= 0.6 is 0 Å². The number of benzene rings is 1. The largest absolute Gasteiger partial charge is 0.364 e. The first kappa shape index (κ1) is 10.6. The minimum atomic E-state index is -0.0962. The Morgan fingerprint density at radius 1 is 1.28 bits per heavy atom. The van der Waals surface area contributed by atoms with Crippen molar-refractivity contribution in [3.63, 3.8) is 0 Å². The van der Waals surface area contributed by atoms with Crippen LogP contribution < -0.4 is 5.32 Å². The van der Waals surface area contributed by atoms with Crippen molar-refractivity contribution in [2.24, 2.45) is 0 Å². The number of imidazole rings is 1. The molecule has 0 saturated carbocycles. The SMILES string of the molecule is O=C(NCc1ccc[nH]1)c1ccc2nc[nH]c2c1. The van der Waals surface area contributed by atoms with E-state index in [-0.39, 0.29) is 5.91 Å². The summed E-state index contributed by atoms with van der Waals surface area (Å²) < 4.78 is 0. The first-order chi connectivity index (χ1) is 8.83. The van der Waals surface area contributed by atoms with Crippen molar-refractivity contribution in [2.45, 2.75) is 6.54 Å². The van der Waals surface area contributed by atoms with Gasteiger partial charge in [-0.3, -0.25) is 4.79 Å². The summed E-state index contributed by atoms with van der Waals surface area (Å²) in [6.45, 7) is 0.493. The predicted octanol–water partition coefficient (Wildman–Crippen LogP) is 1.82. The molecule has 3 N–H and O–H groups in total. The third kappa shape index (κ3) is 1.98. The normalized spacial score (nSPS) is 10.7. The zero-order valence-electron chi connectivity index (χ0n) is 9.60. The van der Waals surface area contributed by atoms with Crippen LogP contribution in [-0.4, -0.2) is 20.9 Å². The molecule has 1 amide bonds. The number of carbonyl (C=O) groups is 1. The molecule has 2 aromatic heterocycles. The Labute approximate surface area is 103 Å². The van der Waals surface area contributed by atoms with E-state index in [1.165, 1.54) is 0 Å². The topological polar surface area (TPSA) is 73.6 Å². The van der Waals surface area contributed by atoms with Crippen LogP contribution in [0.25, 0.3) is 11.0 Å². The van der Waals surface area contributed by atoms with Gasteiger partial charge in [-0.05, 0) is 30.3 Å². The van der Waals surface area contributed by atoms with E-state index in [1.807, 2.05) is 24.4 Å². The maximum Gasteiger partial charge on any atom is 0.251 e. The lowest BCUT2D eigenvalue weighted by Gasteiger charge is -2.03. The number of fused-ring (bicyclic) bond motifs is 1. The average molecular weight is 240 g/mol. The van der Waals surface area contributed by atoms with Gasteiger partial charge in [0.15, 0.2) is 0 Å². The highest BCUT2D eigenvalue weighted by molar-refractivity contribution is 5.97. The molecule has 0 bridgehead atoms. The third-order valence-corrected chi connectivity index (χ3v) is 2.78. The Balaban J connectivity index is 1.75. The molecule has 3 rings (SSSR count). The van der Waals surface area contributed by atoms with E-state index in [2.05, 4.69) is 20.3 Å². The van der Waals surface area contributed by atoms with Crippen LogP contribution in [0.2, 0.25) is 0 Å². The molecule has 0 aliphatic rings. The molecule has 0 aliphatic carbocycles. The number of hydrogen-bond acceptors (Lipinski definition) is 2. The highest BCUT2D eigenvalue weighted by Gasteiger charge is 2.07. The smallest absolute Gasteiger partial charge is 0.251 e. The average Bonchev–Trinajstić information content (AvgIpc) is 3.05. The van der Waals surface area contributed by atoms with Gasteiger partial charge in [0.2, 0.25) is 0 Å². The number of aromatic amines is 2. The Kier molecular flexibility index (Phi) is 2.57. The summed E-state index contributed by atoms with van der Waals surface area (Å²) in [5.41, 5.74) is 3.32. The highest BCUT2D eigenvalue weighted by atomic mass is 16.1. The van der Waals surface area contributed by atoms with Gasteiger partial charge in [0.1, 0.15) is 0 Å². The monoisotopic (exact) mass is 240 g/mol. The first-order valence-corrected chi connectivity index (χ1v) is 5.66. The number of hydrogen-bond donors (Lipinski definition) is 3. The Bertz CT molecular complexity index is 669. The quantitative estimate of drug-likeness (QED) is 0.653. The van der Waals surface area contributed by atoms with Gasteiger partial charge in [0.25, 0.3) is 5.91 Å². The summed E-state index contributed by atoms with van der Waals surface area (Å²) in [5.74, 6) is -0.0962. The van der Waals surface area contributed by atoms with Gasteiger partial charge in [-0.15, -0.1) is 0 Å². The summed E-state index contributed by atoms with van der Waals surface area (Å²) in [6.07, 6.45) is 3.45. The standard InChI is InChI=1S/C13H12N4O/c18-13(15-7-10-2-1-5-14-10)9-3-4-11-12(6-9)17-8-16-11/h1-6,8,14H,7H2,(H,15,18)(H,16,17). The second kappa shape index (κ2) is 4.37. The minimum Gasteiger partial charge on any atom is -0.364 e. The molecule has 0 spiro atoms. The summed E-state index contributed by atoms with van der Waals surface area (Å²) in [5, 5.41) is 2.85. The Morgan fingerprint density at radius 3 is 3.06 bits per heavy atom. The minimum absolute atomic E-state index is 0.0962. The first-order valence-electron chi connectivity index (χ1n) is 5.66. The fourth-order valence-corrected chi connectivity index (χ4v) is 1.83. The predicted molar refractivity (Wildman–Crippen MR) is 68.1 cm³/mol. The zero-order valence-corrected chi connectivity index (χ0v) is 9.60. The van der Waals surface area contributed by atoms with Crippen LogP contribution in [0.5, 0.6) is 0 Å². The van der Waals surface area contributed by atoms with Gasteiger partial charge < -0.3 is 15.3 Å². The molecule has 2 heterocycles. The number of aromatic nitrogens is 3. The molecule has 0 radical (unpaired) electrons. The molecular weight excluding hydrogens is 228 g/mol. The highest BCUT2D eigenvalue weighted by Crippen LogP contribution is 2.11. The van der Waals surface area contributed by atoms with Gasteiger partial charge in [0.05, 0.1) is 23.9 Å². The summed E-state index contributed by atoms with van der Waals surface area (Å²) in [6, 6.07) is 9.23. The molecule has 90 valence electrons. The fourth-order valence-electron chi connectivity index (χ4n) is 1.83. The maximum atomic E-state index is 11.9. The van der Waals surface area contributed by atoms with Crippen molar-refractivity contribution < 1.29 is 4.79 Å². The number of amides is 1. The van der Waals surface area contributed by atoms with E-state index in [1.54, 1.807) is 18.5 Å². The molecule has 1 aromatic carbocycles. The lowest BCUT2D eigenvalue weighted by atomic mass is 10.2. The number of nitrogens with zero attached hydrogens (tertiary/aromatic N) is 1. The molecule has 0 fully saturated rings. The van der Waals surface area contributed by atoms with Crippen LogP contribution in [-0.2, 0) is 6.54 Å². The molecular formula is C13H12N4O. The lowest BCUT2D eigenvalue weighted by molar-refractivity contribution is 0.0950. The summed E-state index contributed by atoms with van der Waals surface area (Å²) >= 11 is 0. The van der Waals surface area contributed by atoms with Crippen LogP contribution in [0.15, 0.2) is 42.9 Å². The van der Waals surface area contributed by atoms with Gasteiger partial charge in [-0.25, -0.2) is 4.98 Å². The van der Waals surface area contributed by atoms with Crippen molar-refractivity contribution >= 4 is 16.9 Å². The van der Waals surface area contributed by atoms with E-state index >= 15 is 0 Å². The number of nitrogens with one attached hydrogen (secondary N) is 3. The van der Waals surface area contributed by atoms with Gasteiger partial charge in [-0.2, -0.15) is 0 Å². The molecule has 5 nitrogen and oxygen atoms in total. The molecule has 0 aliphatic heterocycles. The molecule has 18 heavy (non-hydrogen) atoms. The fraction of sp³-hybridized carbons (Fsp3) is 0.0769. The second-order valence-electron chi connectivity index (χ2n) is 4.01. The summed E-state index contributed by atoms with van der Waals surface area (Å²) in [7, 11) is 0.